The van der Waals surface area contributed by atoms with Crippen LogP contribution in [0.3, 0.4) is 0 Å². The maximum atomic E-state index is 11.8. The van der Waals surface area contributed by atoms with Crippen LogP contribution in [-0.2, 0) is 11.2 Å². The van der Waals surface area contributed by atoms with E-state index in [-0.39, 0.29) is 5.97 Å². The molecule has 1 aromatic carbocycles. The highest BCUT2D eigenvalue weighted by Crippen LogP contribution is 2.25. The Morgan fingerprint density at radius 2 is 1.96 bits per heavy atom. The van der Waals surface area contributed by atoms with Gasteiger partial charge in [-0.2, -0.15) is 0 Å². The topological polar surface area (TPSA) is 26.3 Å². The van der Waals surface area contributed by atoms with Crippen LogP contribution in [0.4, 0.5) is 0 Å². The fourth-order valence-corrected chi connectivity index (χ4v) is 3.42. The molecule has 0 spiro atoms. The summed E-state index contributed by atoms with van der Waals surface area (Å²) in [4.78, 5) is 14.6. The average molecular weight is 373 g/mol. The van der Waals surface area contributed by atoms with E-state index in [2.05, 4.69) is 63.7 Å². The molecule has 0 saturated carbocycles. The van der Waals surface area contributed by atoms with Crippen LogP contribution in [0.5, 0.6) is 0 Å². The number of benzene rings is 1. The summed E-state index contributed by atoms with van der Waals surface area (Å²) in [6.07, 6.45) is 2.95. The molecule has 0 N–H and O–H groups in total. The van der Waals surface area contributed by atoms with Crippen LogP contribution < -0.4 is 0 Å². The van der Waals surface area contributed by atoms with Gasteiger partial charge in [0.2, 0.25) is 0 Å². The largest absolute Gasteiger partial charge is 0.462 e. The highest BCUT2D eigenvalue weighted by atomic mass is 32.1. The summed E-state index contributed by atoms with van der Waals surface area (Å²) in [6, 6.07) is 12.3. The molecule has 0 bridgehead atoms. The maximum Gasteiger partial charge on any atom is 0.348 e. The number of hydrogen-bond acceptors (Lipinski definition) is 4. The number of rotatable bonds is 6. The minimum absolute atomic E-state index is 0.255. The molecule has 2 nitrogen and oxygen atoms in total. The molecule has 0 atom stereocenters. The Morgan fingerprint density at radius 3 is 2.64 bits per heavy atom. The van der Waals surface area contributed by atoms with Crippen molar-refractivity contribution in [1.29, 1.82) is 0 Å². The smallest absolute Gasteiger partial charge is 0.348 e. The zero-order chi connectivity index (χ0) is 18.4. The van der Waals surface area contributed by atoms with Gasteiger partial charge in [-0.1, -0.05) is 29.8 Å². The lowest BCUT2D eigenvalue weighted by Gasteiger charge is -2.07. The highest BCUT2D eigenvalue weighted by molar-refractivity contribution is 7.84. The van der Waals surface area contributed by atoms with Gasteiger partial charge in [-0.15, -0.1) is 24.0 Å². The minimum Gasteiger partial charge on any atom is -0.462 e. The Hall–Kier alpha value is -1.78. The number of hydrogen-bond donors (Lipinski definition) is 1. The summed E-state index contributed by atoms with van der Waals surface area (Å²) in [7, 11) is 0. The van der Waals surface area contributed by atoms with Crippen LogP contribution in [0, 0.1) is 0 Å². The van der Waals surface area contributed by atoms with Gasteiger partial charge in [0.15, 0.2) is 0 Å². The van der Waals surface area contributed by atoms with Gasteiger partial charge in [0.25, 0.3) is 0 Å². The van der Waals surface area contributed by atoms with E-state index in [9.17, 15) is 4.79 Å². The van der Waals surface area contributed by atoms with E-state index in [0.29, 0.717) is 11.5 Å². The third kappa shape index (κ3) is 5.62. The molecule has 0 fully saturated rings. The van der Waals surface area contributed by atoms with Crippen molar-refractivity contribution in [3.05, 3.63) is 67.8 Å². The lowest BCUT2D eigenvalue weighted by molar-refractivity contribution is 0.0532. The Balaban J connectivity index is 2.20. The van der Waals surface area contributed by atoms with Crippen LogP contribution in [0.2, 0.25) is 0 Å². The molecular formula is C21H24O2S2. The van der Waals surface area contributed by atoms with Crippen molar-refractivity contribution >= 4 is 41.6 Å². The Bertz CT molecular complexity index is 809. The SMILES string of the molecule is CCOC(=O)c1ccc(C=C(C)c2cccc(CC(S)=C(C)C)c2)s1. The summed E-state index contributed by atoms with van der Waals surface area (Å²) in [5.74, 6) is -0.255. The lowest BCUT2D eigenvalue weighted by atomic mass is 10.0. The van der Waals surface area contributed by atoms with E-state index in [0.717, 1.165) is 21.8 Å². The normalized spacial score (nSPS) is 11.3. The maximum absolute atomic E-state index is 11.8. The predicted octanol–water partition coefficient (Wildman–Crippen LogP) is 6.25. The number of thiol groups is 1. The summed E-state index contributed by atoms with van der Waals surface area (Å²) in [5, 5.41) is 0. The first-order chi connectivity index (χ1) is 11.9. The first-order valence-electron chi connectivity index (χ1n) is 8.30. The van der Waals surface area contributed by atoms with Gasteiger partial charge in [0, 0.05) is 11.3 Å². The molecule has 0 unspecified atom stereocenters. The quantitative estimate of drug-likeness (QED) is 0.479. The van der Waals surface area contributed by atoms with E-state index < -0.39 is 0 Å². The Kier molecular flexibility index (Phi) is 7.09. The van der Waals surface area contributed by atoms with E-state index in [1.165, 1.54) is 28.0 Å². The molecule has 0 aliphatic carbocycles. The van der Waals surface area contributed by atoms with E-state index >= 15 is 0 Å². The zero-order valence-electron chi connectivity index (χ0n) is 15.1. The standard InChI is InChI=1S/C21H24O2S2/c1-5-23-21(22)20-10-9-18(25-20)11-15(4)17-8-6-7-16(12-17)13-19(24)14(2)3/h6-12,24H,5,13H2,1-4H3. The summed E-state index contributed by atoms with van der Waals surface area (Å²) in [5.41, 5.74) is 4.83. The summed E-state index contributed by atoms with van der Waals surface area (Å²) in [6.45, 7) is 8.46. The molecular weight excluding hydrogens is 348 g/mol. The number of carbonyl (C=O) groups is 1. The van der Waals surface area contributed by atoms with Crippen molar-refractivity contribution in [2.75, 3.05) is 6.61 Å². The highest BCUT2D eigenvalue weighted by Gasteiger charge is 2.09. The Labute approximate surface area is 159 Å². The molecule has 0 amide bonds. The van der Waals surface area contributed by atoms with Gasteiger partial charge in [-0.25, -0.2) is 4.79 Å². The lowest BCUT2D eigenvalue weighted by Crippen LogP contribution is -2.01. The third-order valence-corrected chi connectivity index (χ3v) is 5.41. The van der Waals surface area contributed by atoms with Gasteiger partial charge in [0.05, 0.1) is 6.61 Å². The monoisotopic (exact) mass is 372 g/mol. The summed E-state index contributed by atoms with van der Waals surface area (Å²) < 4.78 is 5.04. The van der Waals surface area contributed by atoms with Crippen molar-refractivity contribution < 1.29 is 9.53 Å². The summed E-state index contributed by atoms with van der Waals surface area (Å²) >= 11 is 6.02. The molecule has 2 rings (SSSR count). The number of ether oxygens (including phenoxy) is 1. The van der Waals surface area contributed by atoms with Gasteiger partial charge < -0.3 is 4.74 Å². The first-order valence-corrected chi connectivity index (χ1v) is 9.57. The molecule has 0 saturated heterocycles. The Morgan fingerprint density at radius 1 is 1.20 bits per heavy atom. The molecule has 0 radical (unpaired) electrons. The molecule has 132 valence electrons. The molecule has 25 heavy (non-hydrogen) atoms. The number of esters is 1. The van der Waals surface area contributed by atoms with Gasteiger partial charge >= 0.3 is 5.97 Å². The third-order valence-electron chi connectivity index (χ3n) is 3.79. The average Bonchev–Trinajstić information content (AvgIpc) is 3.03. The van der Waals surface area contributed by atoms with Crippen LogP contribution in [0.1, 0.15) is 53.4 Å². The van der Waals surface area contributed by atoms with Gasteiger partial charge in [-0.05, 0) is 67.5 Å². The number of thiophene rings is 1. The molecule has 0 aliphatic rings. The molecule has 2 aromatic rings. The predicted molar refractivity (Wildman–Crippen MR) is 111 cm³/mol. The van der Waals surface area contributed by atoms with Crippen molar-refractivity contribution in [3.8, 4) is 0 Å². The first kappa shape index (κ1) is 19.5. The van der Waals surface area contributed by atoms with Crippen molar-refractivity contribution in [3.63, 3.8) is 0 Å². The molecule has 1 heterocycles. The molecule has 1 aromatic heterocycles. The fourth-order valence-electron chi connectivity index (χ4n) is 2.34. The second-order valence-corrected chi connectivity index (χ2v) is 7.73. The molecule has 0 aliphatic heterocycles. The second kappa shape index (κ2) is 9.07. The van der Waals surface area contributed by atoms with E-state index in [1.54, 1.807) is 0 Å². The molecule has 4 heteroatoms. The zero-order valence-corrected chi connectivity index (χ0v) is 16.8. The fraction of sp³-hybridized carbons (Fsp3) is 0.286. The van der Waals surface area contributed by atoms with Crippen molar-refractivity contribution in [1.82, 2.24) is 0 Å². The van der Waals surface area contributed by atoms with Gasteiger partial charge in [0.1, 0.15) is 4.88 Å². The van der Waals surface area contributed by atoms with Crippen molar-refractivity contribution in [2.45, 2.75) is 34.1 Å². The van der Waals surface area contributed by atoms with Crippen molar-refractivity contribution in [2.24, 2.45) is 0 Å². The van der Waals surface area contributed by atoms with Gasteiger partial charge in [-0.3, -0.25) is 0 Å². The second-order valence-electron chi connectivity index (χ2n) is 6.07. The van der Waals surface area contributed by atoms with Crippen LogP contribution in [0.25, 0.3) is 11.6 Å². The minimum atomic E-state index is -0.255. The van der Waals surface area contributed by atoms with Crippen LogP contribution >= 0.6 is 24.0 Å². The van der Waals surface area contributed by atoms with Crippen LogP contribution in [-0.4, -0.2) is 12.6 Å². The number of carbonyl (C=O) groups excluding carboxylic acids is 1. The van der Waals surface area contributed by atoms with E-state index in [4.69, 9.17) is 4.74 Å². The van der Waals surface area contributed by atoms with E-state index in [1.807, 2.05) is 19.1 Å². The number of allylic oxidation sites excluding steroid dienone is 3. The van der Waals surface area contributed by atoms with Crippen LogP contribution in [0.15, 0.2) is 46.9 Å².